The number of thioether (sulfide) groups is 1. The maximum atomic E-state index is 13.5. The van der Waals surface area contributed by atoms with Gasteiger partial charge in [-0.3, -0.25) is 4.57 Å². The van der Waals surface area contributed by atoms with E-state index in [0.717, 1.165) is 15.3 Å². The molecule has 134 valence electrons. The summed E-state index contributed by atoms with van der Waals surface area (Å²) in [7, 11) is 0. The van der Waals surface area contributed by atoms with E-state index in [9.17, 15) is 8.78 Å². The number of imidazole rings is 1. The number of nitrogens with zero attached hydrogens (tertiary/aromatic N) is 5. The quantitative estimate of drug-likeness (QED) is 0.431. The molecule has 4 rings (SSSR count). The molecule has 0 atom stereocenters. The maximum absolute atomic E-state index is 13.5. The normalized spacial score (nSPS) is 11.7. The summed E-state index contributed by atoms with van der Waals surface area (Å²) in [4.78, 5) is 5.40. The minimum absolute atomic E-state index is 0.293. The van der Waals surface area contributed by atoms with Crippen LogP contribution in [0.2, 0.25) is 0 Å². The number of aromatic nitrogens is 5. The predicted octanol–water partition coefficient (Wildman–Crippen LogP) is 5.06. The largest absolute Gasteiger partial charge is 0.320 e. The molecular weight excluding hydrogens is 376 g/mol. The molecule has 0 unspecified atom stereocenters. The predicted molar refractivity (Wildman–Crippen MR) is 99.6 cm³/mol. The van der Waals surface area contributed by atoms with Gasteiger partial charge in [0.2, 0.25) is 0 Å². The van der Waals surface area contributed by atoms with Crippen molar-refractivity contribution in [3.63, 3.8) is 0 Å². The van der Waals surface area contributed by atoms with E-state index in [1.807, 2.05) is 29.0 Å². The first-order valence-corrected chi connectivity index (χ1v) is 9.89. The molecule has 0 spiro atoms. The van der Waals surface area contributed by atoms with E-state index >= 15 is 0 Å². The summed E-state index contributed by atoms with van der Waals surface area (Å²) in [5.74, 6) is 1.42. The van der Waals surface area contributed by atoms with Crippen LogP contribution in [0.3, 0.4) is 0 Å². The van der Waals surface area contributed by atoms with E-state index in [1.54, 1.807) is 35.6 Å². The molecule has 0 radical (unpaired) electrons. The van der Waals surface area contributed by atoms with Crippen LogP contribution in [0, 0.1) is 0 Å². The van der Waals surface area contributed by atoms with Crippen LogP contribution in [0.5, 0.6) is 0 Å². The molecule has 9 heteroatoms. The van der Waals surface area contributed by atoms with Crippen molar-refractivity contribution >= 4 is 34.1 Å². The van der Waals surface area contributed by atoms with Crippen LogP contribution in [0.15, 0.2) is 46.9 Å². The third kappa shape index (κ3) is 3.01. The Bertz CT molecular complexity index is 1020. The molecule has 26 heavy (non-hydrogen) atoms. The summed E-state index contributed by atoms with van der Waals surface area (Å²) in [6, 6.07) is 10.9. The Hall–Kier alpha value is -2.26. The van der Waals surface area contributed by atoms with Crippen LogP contribution in [-0.2, 0) is 12.3 Å². The second kappa shape index (κ2) is 7.16. The zero-order chi connectivity index (χ0) is 18.1. The summed E-state index contributed by atoms with van der Waals surface area (Å²) in [6.07, 6.45) is 0. The van der Waals surface area contributed by atoms with E-state index in [1.165, 1.54) is 11.8 Å². The van der Waals surface area contributed by atoms with Gasteiger partial charge in [-0.25, -0.2) is 4.98 Å². The first kappa shape index (κ1) is 17.2. The molecule has 3 aromatic heterocycles. The Morgan fingerprint density at radius 3 is 2.73 bits per heavy atom. The highest BCUT2D eigenvalue weighted by atomic mass is 32.2. The van der Waals surface area contributed by atoms with Gasteiger partial charge in [-0.05, 0) is 30.5 Å². The van der Waals surface area contributed by atoms with Gasteiger partial charge in [0.15, 0.2) is 11.0 Å². The zero-order valence-electron chi connectivity index (χ0n) is 13.8. The van der Waals surface area contributed by atoms with Crippen molar-refractivity contribution in [2.45, 2.75) is 30.9 Å². The van der Waals surface area contributed by atoms with E-state index in [2.05, 4.69) is 15.2 Å². The number of hydrogen-bond donors (Lipinski definition) is 0. The first-order valence-electron chi connectivity index (χ1n) is 8.03. The van der Waals surface area contributed by atoms with Gasteiger partial charge in [0.25, 0.3) is 0 Å². The third-order valence-corrected chi connectivity index (χ3v) is 5.80. The summed E-state index contributed by atoms with van der Waals surface area (Å²) in [5.41, 5.74) is 1.01. The third-order valence-electron chi connectivity index (χ3n) is 3.97. The number of benzene rings is 1. The summed E-state index contributed by atoms with van der Waals surface area (Å²) < 4.78 is 30.0. The molecule has 5 nitrogen and oxygen atoms in total. The molecule has 0 saturated heterocycles. The molecule has 0 N–H and O–H groups in total. The Balaban J connectivity index is 1.64. The van der Waals surface area contributed by atoms with Crippen molar-refractivity contribution in [2.75, 3.05) is 0 Å². The fourth-order valence-electron chi connectivity index (χ4n) is 2.81. The van der Waals surface area contributed by atoms with Gasteiger partial charge in [-0.15, -0.1) is 21.5 Å². The van der Waals surface area contributed by atoms with E-state index < -0.39 is 6.55 Å². The fourth-order valence-corrected chi connectivity index (χ4v) is 4.46. The maximum Gasteiger partial charge on any atom is 0.320 e. The highest BCUT2D eigenvalue weighted by Gasteiger charge is 2.19. The van der Waals surface area contributed by atoms with Crippen molar-refractivity contribution in [3.8, 4) is 10.7 Å². The molecule has 3 heterocycles. The Kier molecular flexibility index (Phi) is 4.73. The van der Waals surface area contributed by atoms with Gasteiger partial charge in [0, 0.05) is 6.54 Å². The Morgan fingerprint density at radius 2 is 2.00 bits per heavy atom. The zero-order valence-corrected chi connectivity index (χ0v) is 15.5. The van der Waals surface area contributed by atoms with Crippen molar-refractivity contribution in [1.29, 1.82) is 0 Å². The smallest absolute Gasteiger partial charge is 0.302 e. The number of thiophene rings is 1. The number of alkyl halides is 2. The van der Waals surface area contributed by atoms with Gasteiger partial charge in [0.05, 0.1) is 21.7 Å². The van der Waals surface area contributed by atoms with Crippen LogP contribution >= 0.6 is 23.1 Å². The number of hydrogen-bond acceptors (Lipinski definition) is 5. The second-order valence-corrected chi connectivity index (χ2v) is 7.37. The van der Waals surface area contributed by atoms with Crippen LogP contribution in [-0.4, -0.2) is 24.3 Å². The Labute approximate surface area is 156 Å². The van der Waals surface area contributed by atoms with E-state index in [0.29, 0.717) is 34.3 Å². The number of para-hydroxylation sites is 2. The minimum Gasteiger partial charge on any atom is -0.302 e. The average molecular weight is 391 g/mol. The summed E-state index contributed by atoms with van der Waals surface area (Å²) >= 11 is 2.96. The van der Waals surface area contributed by atoms with E-state index in [-0.39, 0.29) is 0 Å². The number of fused-ring (bicyclic) bond motifs is 1. The monoisotopic (exact) mass is 391 g/mol. The molecule has 1 aromatic carbocycles. The van der Waals surface area contributed by atoms with Gasteiger partial charge in [0.1, 0.15) is 5.82 Å². The fraction of sp³-hybridized carbons (Fsp3) is 0.235. The molecule has 0 aliphatic rings. The number of halogens is 2. The standard InChI is InChI=1S/C17H15F2N5S2/c1-2-23-15(13-8-5-9-25-13)21-22-17(23)26-10-14-20-11-6-3-4-7-12(11)24(14)16(18)19/h3-9,16H,2,10H2,1H3. The van der Waals surface area contributed by atoms with Crippen LogP contribution < -0.4 is 0 Å². The molecule has 0 fully saturated rings. The second-order valence-electron chi connectivity index (χ2n) is 5.48. The van der Waals surface area contributed by atoms with Gasteiger partial charge in [-0.2, -0.15) is 8.78 Å². The highest BCUT2D eigenvalue weighted by Crippen LogP contribution is 2.30. The van der Waals surface area contributed by atoms with Crippen LogP contribution in [0.25, 0.3) is 21.7 Å². The highest BCUT2D eigenvalue weighted by molar-refractivity contribution is 7.98. The summed E-state index contributed by atoms with van der Waals surface area (Å²) in [6.45, 7) is 0.0796. The van der Waals surface area contributed by atoms with Crippen LogP contribution in [0.1, 0.15) is 19.3 Å². The molecule has 0 aliphatic heterocycles. The van der Waals surface area contributed by atoms with Crippen molar-refractivity contribution < 1.29 is 8.78 Å². The van der Waals surface area contributed by atoms with Crippen molar-refractivity contribution in [3.05, 3.63) is 47.6 Å². The lowest BCUT2D eigenvalue weighted by atomic mass is 10.3. The van der Waals surface area contributed by atoms with Gasteiger partial charge < -0.3 is 4.57 Å². The van der Waals surface area contributed by atoms with Gasteiger partial charge in [-0.1, -0.05) is 30.0 Å². The molecule has 0 bridgehead atoms. The SMILES string of the molecule is CCn1c(SCc2nc3ccccc3n2C(F)F)nnc1-c1cccs1. The molecule has 4 aromatic rings. The summed E-state index contributed by atoms with van der Waals surface area (Å²) in [5, 5.41) is 11.2. The van der Waals surface area contributed by atoms with Gasteiger partial charge >= 0.3 is 6.55 Å². The topological polar surface area (TPSA) is 48.5 Å². The molecule has 0 aliphatic carbocycles. The molecule has 0 amide bonds. The lowest BCUT2D eigenvalue weighted by molar-refractivity contribution is 0.0722. The van der Waals surface area contributed by atoms with Crippen molar-refractivity contribution in [2.24, 2.45) is 0 Å². The lowest BCUT2D eigenvalue weighted by Gasteiger charge is -2.08. The van der Waals surface area contributed by atoms with Crippen LogP contribution in [0.4, 0.5) is 8.78 Å². The van der Waals surface area contributed by atoms with Crippen molar-refractivity contribution in [1.82, 2.24) is 24.3 Å². The average Bonchev–Trinajstić information content (AvgIpc) is 3.36. The first-order chi connectivity index (χ1) is 12.7. The number of rotatable bonds is 6. The molecule has 0 saturated carbocycles. The minimum atomic E-state index is -2.64. The Morgan fingerprint density at radius 1 is 1.15 bits per heavy atom. The van der Waals surface area contributed by atoms with E-state index in [4.69, 9.17) is 0 Å². The molecular formula is C17H15F2N5S2. The lowest BCUT2D eigenvalue weighted by Crippen LogP contribution is -2.04.